The Labute approximate surface area is 162 Å². The first-order valence-corrected chi connectivity index (χ1v) is 10.2. The van der Waals surface area contributed by atoms with E-state index in [1.165, 1.54) is 34.2 Å². The van der Waals surface area contributed by atoms with E-state index in [2.05, 4.69) is 85.8 Å². The third kappa shape index (κ3) is 2.73. The largest absolute Gasteiger partial charge is 0.327 e. The molecule has 3 aliphatic rings. The van der Waals surface area contributed by atoms with Crippen LogP contribution in [-0.4, -0.2) is 6.04 Å². The standard InChI is InChI=1S/C26H27N/c1-17(15-18-9-3-2-4-10-18)26(27)24-16-23-19-11-5-7-13-21(19)25(24)22-14-8-6-12-20(22)23/h2-14,17,23-26H,15-16,27H2,1H3. The summed E-state index contributed by atoms with van der Waals surface area (Å²) in [5.74, 6) is 1.92. The van der Waals surface area contributed by atoms with Crippen LogP contribution in [0.2, 0.25) is 0 Å². The monoisotopic (exact) mass is 353 g/mol. The van der Waals surface area contributed by atoms with Crippen LogP contribution in [-0.2, 0) is 6.42 Å². The summed E-state index contributed by atoms with van der Waals surface area (Å²) in [6, 6.07) is 29.1. The molecule has 6 rings (SSSR count). The Balaban J connectivity index is 1.50. The summed E-state index contributed by atoms with van der Waals surface area (Å²) in [6.07, 6.45) is 2.23. The van der Waals surface area contributed by atoms with E-state index in [0.717, 1.165) is 6.42 Å². The predicted octanol–water partition coefficient (Wildman–Crippen LogP) is 5.49. The van der Waals surface area contributed by atoms with Gasteiger partial charge in [0.15, 0.2) is 0 Å². The summed E-state index contributed by atoms with van der Waals surface area (Å²) in [7, 11) is 0. The van der Waals surface area contributed by atoms with Gasteiger partial charge in [-0.25, -0.2) is 0 Å². The summed E-state index contributed by atoms with van der Waals surface area (Å²) in [4.78, 5) is 0. The van der Waals surface area contributed by atoms with Crippen LogP contribution in [0.15, 0.2) is 78.9 Å². The smallest absolute Gasteiger partial charge is 0.0139 e. The lowest BCUT2D eigenvalue weighted by Gasteiger charge is -2.48. The van der Waals surface area contributed by atoms with Crippen LogP contribution >= 0.6 is 0 Å². The lowest BCUT2D eigenvalue weighted by Crippen LogP contribution is -2.45. The van der Waals surface area contributed by atoms with Crippen molar-refractivity contribution in [1.82, 2.24) is 0 Å². The quantitative estimate of drug-likeness (QED) is 0.659. The molecule has 0 aliphatic heterocycles. The summed E-state index contributed by atoms with van der Waals surface area (Å²) < 4.78 is 0. The van der Waals surface area contributed by atoms with E-state index in [4.69, 9.17) is 5.73 Å². The molecule has 0 radical (unpaired) electrons. The molecule has 136 valence electrons. The molecule has 0 amide bonds. The van der Waals surface area contributed by atoms with Gasteiger partial charge in [-0.05, 0) is 52.5 Å². The summed E-state index contributed by atoms with van der Waals surface area (Å²) in [6.45, 7) is 2.33. The molecule has 0 aromatic heterocycles. The van der Waals surface area contributed by atoms with Crippen molar-refractivity contribution in [3.63, 3.8) is 0 Å². The number of hydrogen-bond donors (Lipinski definition) is 1. The van der Waals surface area contributed by atoms with E-state index < -0.39 is 0 Å². The van der Waals surface area contributed by atoms with E-state index >= 15 is 0 Å². The molecular weight excluding hydrogens is 326 g/mol. The van der Waals surface area contributed by atoms with Crippen molar-refractivity contribution in [3.05, 3.63) is 107 Å². The molecule has 3 aliphatic carbocycles. The fourth-order valence-electron chi connectivity index (χ4n) is 5.60. The fraction of sp³-hybridized carbons (Fsp3) is 0.308. The second-order valence-corrected chi connectivity index (χ2v) is 8.43. The van der Waals surface area contributed by atoms with Crippen LogP contribution < -0.4 is 5.73 Å². The zero-order valence-corrected chi connectivity index (χ0v) is 15.9. The lowest BCUT2D eigenvalue weighted by molar-refractivity contribution is 0.247. The van der Waals surface area contributed by atoms with Gasteiger partial charge in [0.25, 0.3) is 0 Å². The van der Waals surface area contributed by atoms with E-state index in [9.17, 15) is 0 Å². The van der Waals surface area contributed by atoms with Crippen molar-refractivity contribution in [3.8, 4) is 0 Å². The number of benzene rings is 3. The van der Waals surface area contributed by atoms with Crippen molar-refractivity contribution < 1.29 is 0 Å². The van der Waals surface area contributed by atoms with Crippen LogP contribution in [0.25, 0.3) is 0 Å². The molecule has 27 heavy (non-hydrogen) atoms. The third-order valence-electron chi connectivity index (χ3n) is 6.90. The van der Waals surface area contributed by atoms with Gasteiger partial charge in [0.2, 0.25) is 0 Å². The molecule has 0 heterocycles. The van der Waals surface area contributed by atoms with Gasteiger partial charge in [-0.1, -0.05) is 85.8 Å². The summed E-state index contributed by atoms with van der Waals surface area (Å²) in [5, 5.41) is 0. The normalized spacial score (nSPS) is 24.7. The van der Waals surface area contributed by atoms with Gasteiger partial charge < -0.3 is 5.73 Å². The molecule has 2 bridgehead atoms. The van der Waals surface area contributed by atoms with Crippen molar-refractivity contribution in [1.29, 1.82) is 0 Å². The van der Waals surface area contributed by atoms with Gasteiger partial charge in [-0.3, -0.25) is 0 Å². The maximum Gasteiger partial charge on any atom is 0.0139 e. The number of rotatable bonds is 4. The first-order valence-electron chi connectivity index (χ1n) is 10.2. The Morgan fingerprint density at radius 3 is 1.89 bits per heavy atom. The molecule has 3 atom stereocenters. The van der Waals surface area contributed by atoms with E-state index in [0.29, 0.717) is 23.7 Å². The van der Waals surface area contributed by atoms with Crippen molar-refractivity contribution in [2.45, 2.75) is 37.6 Å². The topological polar surface area (TPSA) is 26.0 Å². The third-order valence-corrected chi connectivity index (χ3v) is 6.90. The minimum Gasteiger partial charge on any atom is -0.327 e. The average Bonchev–Trinajstić information content (AvgIpc) is 2.74. The first kappa shape index (κ1) is 16.8. The van der Waals surface area contributed by atoms with Gasteiger partial charge in [-0.2, -0.15) is 0 Å². The summed E-state index contributed by atoms with van der Waals surface area (Å²) >= 11 is 0. The Morgan fingerprint density at radius 1 is 0.778 bits per heavy atom. The molecule has 0 fully saturated rings. The lowest BCUT2D eigenvalue weighted by atomic mass is 9.56. The Morgan fingerprint density at radius 2 is 1.30 bits per heavy atom. The molecule has 1 nitrogen and oxygen atoms in total. The van der Waals surface area contributed by atoms with Crippen LogP contribution in [0.4, 0.5) is 0 Å². The Bertz CT molecular complexity index is 898. The van der Waals surface area contributed by atoms with E-state index in [1.54, 1.807) is 0 Å². The van der Waals surface area contributed by atoms with Gasteiger partial charge in [-0.15, -0.1) is 0 Å². The van der Waals surface area contributed by atoms with E-state index in [1.807, 2.05) is 0 Å². The molecule has 2 N–H and O–H groups in total. The number of nitrogens with two attached hydrogens (primary N) is 1. The SMILES string of the molecule is CC(Cc1ccccc1)C(N)C1CC2c3ccccc3C1c1ccccc12. The molecule has 0 saturated carbocycles. The highest BCUT2D eigenvalue weighted by Gasteiger charge is 2.45. The minimum atomic E-state index is 0.208. The highest BCUT2D eigenvalue weighted by molar-refractivity contribution is 5.56. The fourth-order valence-corrected chi connectivity index (χ4v) is 5.60. The summed E-state index contributed by atoms with van der Waals surface area (Å²) in [5.41, 5.74) is 14.4. The van der Waals surface area contributed by atoms with Crippen LogP contribution in [0.1, 0.15) is 53.0 Å². The average molecular weight is 354 g/mol. The molecule has 0 saturated heterocycles. The second-order valence-electron chi connectivity index (χ2n) is 8.43. The zero-order valence-electron chi connectivity index (χ0n) is 15.9. The first-order chi connectivity index (χ1) is 13.2. The number of fused-ring (bicyclic) bond motifs is 1. The van der Waals surface area contributed by atoms with Gasteiger partial charge in [0, 0.05) is 17.9 Å². The maximum atomic E-state index is 6.94. The van der Waals surface area contributed by atoms with Crippen LogP contribution in [0.3, 0.4) is 0 Å². The predicted molar refractivity (Wildman–Crippen MR) is 112 cm³/mol. The van der Waals surface area contributed by atoms with Gasteiger partial charge in [0.1, 0.15) is 0 Å². The molecule has 3 aromatic carbocycles. The highest BCUT2D eigenvalue weighted by Crippen LogP contribution is 2.56. The minimum absolute atomic E-state index is 0.208. The number of hydrogen-bond acceptors (Lipinski definition) is 1. The van der Waals surface area contributed by atoms with Crippen LogP contribution in [0, 0.1) is 11.8 Å². The Kier molecular flexibility index (Phi) is 4.13. The highest BCUT2D eigenvalue weighted by atomic mass is 14.7. The van der Waals surface area contributed by atoms with Crippen molar-refractivity contribution in [2.24, 2.45) is 17.6 Å². The molecular formula is C26H27N. The zero-order chi connectivity index (χ0) is 18.4. The molecule has 3 unspecified atom stereocenters. The van der Waals surface area contributed by atoms with Gasteiger partial charge >= 0.3 is 0 Å². The molecule has 1 heteroatoms. The molecule has 3 aromatic rings. The Hall–Kier alpha value is -2.38. The van der Waals surface area contributed by atoms with Gasteiger partial charge in [0.05, 0.1) is 0 Å². The van der Waals surface area contributed by atoms with E-state index in [-0.39, 0.29) is 6.04 Å². The maximum absolute atomic E-state index is 6.94. The molecule has 0 spiro atoms. The van der Waals surface area contributed by atoms with Crippen molar-refractivity contribution in [2.75, 3.05) is 0 Å². The van der Waals surface area contributed by atoms with Crippen LogP contribution in [0.5, 0.6) is 0 Å². The second kappa shape index (κ2) is 6.65. The van der Waals surface area contributed by atoms with Crippen molar-refractivity contribution >= 4 is 0 Å².